The summed E-state index contributed by atoms with van der Waals surface area (Å²) in [6.45, 7) is 4.60. The van der Waals surface area contributed by atoms with Gasteiger partial charge in [0, 0.05) is 31.9 Å². The van der Waals surface area contributed by atoms with Crippen molar-refractivity contribution in [1.29, 1.82) is 0 Å². The van der Waals surface area contributed by atoms with Crippen molar-refractivity contribution in [3.8, 4) is 0 Å². The van der Waals surface area contributed by atoms with Gasteiger partial charge in [0.05, 0.1) is 34.8 Å². The van der Waals surface area contributed by atoms with Crippen molar-refractivity contribution in [2.45, 2.75) is 32.9 Å². The van der Waals surface area contributed by atoms with Gasteiger partial charge in [0.2, 0.25) is 0 Å². The van der Waals surface area contributed by atoms with Gasteiger partial charge in [-0.15, -0.1) is 0 Å². The molecule has 4 rings (SSSR count). The maximum Gasteiger partial charge on any atom is 0.163 e. The normalized spacial score (nSPS) is 19.0. The highest BCUT2D eigenvalue weighted by Crippen LogP contribution is 2.28. The number of rotatable bonds is 4. The van der Waals surface area contributed by atoms with Gasteiger partial charge >= 0.3 is 0 Å². The summed E-state index contributed by atoms with van der Waals surface area (Å²) in [7, 11) is 0.882. The maximum atomic E-state index is 11.8. The molecule has 0 aromatic carbocycles. The molecule has 0 saturated carbocycles. The number of sulfone groups is 1. The molecule has 1 aliphatic rings. The minimum absolute atomic E-state index is 0.0724. The van der Waals surface area contributed by atoms with Gasteiger partial charge in [-0.2, -0.15) is 10.2 Å². The first kappa shape index (κ1) is 17.9. The van der Waals surface area contributed by atoms with Crippen molar-refractivity contribution < 1.29 is 8.42 Å². The van der Waals surface area contributed by atoms with Gasteiger partial charge in [-0.1, -0.05) is 0 Å². The van der Waals surface area contributed by atoms with Crippen molar-refractivity contribution in [3.63, 3.8) is 0 Å². The number of nitrogens with zero attached hydrogens (tertiary/aromatic N) is 7. The van der Waals surface area contributed by atoms with Crippen LogP contribution in [0.5, 0.6) is 0 Å². The molecule has 1 atom stereocenters. The molecule has 27 heavy (non-hydrogen) atoms. The first-order chi connectivity index (χ1) is 12.8. The second kappa shape index (κ2) is 6.29. The highest BCUT2D eigenvalue weighted by molar-refractivity contribution is 7.91. The van der Waals surface area contributed by atoms with Crippen LogP contribution in [-0.2, 0) is 23.4 Å². The van der Waals surface area contributed by atoms with E-state index in [4.69, 9.17) is 0 Å². The van der Waals surface area contributed by atoms with Gasteiger partial charge in [0.25, 0.3) is 0 Å². The Balaban J connectivity index is 1.64. The van der Waals surface area contributed by atoms with Crippen LogP contribution in [0, 0.1) is 13.8 Å². The Morgan fingerprint density at radius 2 is 2.07 bits per heavy atom. The van der Waals surface area contributed by atoms with Crippen molar-refractivity contribution in [1.82, 2.24) is 29.5 Å². The average molecular weight is 389 g/mol. The quantitative estimate of drug-likeness (QED) is 0.660. The van der Waals surface area contributed by atoms with Gasteiger partial charge in [0.15, 0.2) is 15.5 Å². The lowest BCUT2D eigenvalue weighted by atomic mass is 10.1. The highest BCUT2D eigenvalue weighted by Gasteiger charge is 2.31. The summed E-state index contributed by atoms with van der Waals surface area (Å²) in [5.41, 5.74) is 3.81. The van der Waals surface area contributed by atoms with E-state index >= 15 is 0 Å². The Hall–Kier alpha value is -2.49. The van der Waals surface area contributed by atoms with E-state index in [1.165, 1.54) is 0 Å². The molecule has 0 bridgehead atoms. The Kier molecular flexibility index (Phi) is 4.17. The van der Waals surface area contributed by atoms with Gasteiger partial charge in [0.1, 0.15) is 12.1 Å². The molecule has 1 aliphatic heterocycles. The summed E-state index contributed by atoms with van der Waals surface area (Å²) in [5.74, 6) is 1.22. The van der Waals surface area contributed by atoms with Crippen molar-refractivity contribution in [2.75, 3.05) is 23.5 Å². The molecule has 10 heteroatoms. The number of anilines is 1. The molecule has 0 N–H and O–H groups in total. The van der Waals surface area contributed by atoms with Crippen LogP contribution < -0.4 is 4.90 Å². The maximum absolute atomic E-state index is 11.8. The fourth-order valence-electron chi connectivity index (χ4n) is 3.82. The number of fused-ring (bicyclic) bond motifs is 1. The SMILES string of the molecule is Cc1nn(C2CCS(=O)(=O)C2)c(C)c1CN(C)c1ncnc2c1cnn2C. The van der Waals surface area contributed by atoms with Crippen LogP contribution in [-0.4, -0.2) is 56.5 Å². The molecule has 0 amide bonds. The van der Waals surface area contributed by atoms with E-state index < -0.39 is 9.84 Å². The molecule has 0 spiro atoms. The first-order valence-corrected chi connectivity index (χ1v) is 10.7. The third-order valence-corrected chi connectivity index (χ3v) is 7.04. The predicted molar refractivity (Wildman–Crippen MR) is 102 cm³/mol. The third kappa shape index (κ3) is 3.07. The van der Waals surface area contributed by atoms with Crippen molar-refractivity contribution in [3.05, 3.63) is 29.5 Å². The topological polar surface area (TPSA) is 98.8 Å². The lowest BCUT2D eigenvalue weighted by Crippen LogP contribution is -2.19. The molecule has 4 heterocycles. The standard InChI is InChI=1S/C17H23N7O2S/c1-11-15(12(2)24(21-11)13-5-6-27(25,26)9-13)8-22(3)16-14-7-20-23(4)17(14)19-10-18-16/h7,10,13H,5-6,8-9H2,1-4H3. The third-order valence-electron chi connectivity index (χ3n) is 5.29. The zero-order chi connectivity index (χ0) is 19.3. The monoisotopic (exact) mass is 389 g/mol. The number of hydrogen-bond acceptors (Lipinski definition) is 7. The molecule has 1 fully saturated rings. The summed E-state index contributed by atoms with van der Waals surface area (Å²) < 4.78 is 27.3. The molecule has 144 valence electrons. The van der Waals surface area contributed by atoms with E-state index in [2.05, 4.69) is 25.1 Å². The van der Waals surface area contributed by atoms with E-state index in [0.717, 1.165) is 33.8 Å². The van der Waals surface area contributed by atoms with E-state index in [9.17, 15) is 8.42 Å². The summed E-state index contributed by atoms with van der Waals surface area (Å²) in [6, 6.07) is -0.0724. The summed E-state index contributed by atoms with van der Waals surface area (Å²) >= 11 is 0. The van der Waals surface area contributed by atoms with E-state index in [1.807, 2.05) is 32.6 Å². The predicted octanol–water partition coefficient (Wildman–Crippen LogP) is 1.17. The Morgan fingerprint density at radius 3 is 2.78 bits per heavy atom. The highest BCUT2D eigenvalue weighted by atomic mass is 32.2. The number of aromatic nitrogens is 6. The van der Waals surface area contributed by atoms with Gasteiger partial charge < -0.3 is 4.90 Å². The molecule has 0 aliphatic carbocycles. The van der Waals surface area contributed by atoms with Crippen LogP contribution in [0.2, 0.25) is 0 Å². The fraction of sp³-hybridized carbons (Fsp3) is 0.529. The van der Waals surface area contributed by atoms with Crippen LogP contribution in [0.3, 0.4) is 0 Å². The molecule has 1 unspecified atom stereocenters. The van der Waals surface area contributed by atoms with Crippen molar-refractivity contribution >= 4 is 26.7 Å². The Morgan fingerprint density at radius 1 is 1.30 bits per heavy atom. The van der Waals surface area contributed by atoms with Crippen LogP contribution in [0.15, 0.2) is 12.5 Å². The number of hydrogen-bond donors (Lipinski definition) is 0. The second-order valence-electron chi connectivity index (χ2n) is 7.21. The van der Waals surface area contributed by atoms with Crippen LogP contribution in [0.1, 0.15) is 29.4 Å². The fourth-order valence-corrected chi connectivity index (χ4v) is 5.51. The first-order valence-electron chi connectivity index (χ1n) is 8.85. The summed E-state index contributed by atoms with van der Waals surface area (Å²) in [5, 5.41) is 9.81. The summed E-state index contributed by atoms with van der Waals surface area (Å²) in [4.78, 5) is 10.8. The zero-order valence-electron chi connectivity index (χ0n) is 15.9. The molecule has 0 radical (unpaired) electrons. The van der Waals surface area contributed by atoms with Crippen molar-refractivity contribution in [2.24, 2.45) is 7.05 Å². The lowest BCUT2D eigenvalue weighted by Gasteiger charge is -2.19. The lowest BCUT2D eigenvalue weighted by molar-refractivity contribution is 0.485. The zero-order valence-corrected chi connectivity index (χ0v) is 16.7. The van der Waals surface area contributed by atoms with Crippen LogP contribution in [0.4, 0.5) is 5.82 Å². The average Bonchev–Trinajstić information content (AvgIpc) is 3.26. The molecule has 9 nitrogen and oxygen atoms in total. The minimum Gasteiger partial charge on any atom is -0.354 e. The molecular weight excluding hydrogens is 366 g/mol. The van der Waals surface area contributed by atoms with Gasteiger partial charge in [-0.3, -0.25) is 9.36 Å². The largest absolute Gasteiger partial charge is 0.354 e. The van der Waals surface area contributed by atoms with Gasteiger partial charge in [-0.05, 0) is 20.3 Å². The van der Waals surface area contributed by atoms with Crippen LogP contribution in [0.25, 0.3) is 11.0 Å². The smallest absolute Gasteiger partial charge is 0.163 e. The van der Waals surface area contributed by atoms with E-state index in [0.29, 0.717) is 13.0 Å². The Labute approximate surface area is 157 Å². The van der Waals surface area contributed by atoms with Gasteiger partial charge in [-0.25, -0.2) is 18.4 Å². The van der Waals surface area contributed by atoms with E-state index in [1.54, 1.807) is 17.2 Å². The van der Waals surface area contributed by atoms with Crippen LogP contribution >= 0.6 is 0 Å². The number of aryl methyl sites for hydroxylation is 2. The minimum atomic E-state index is -2.95. The second-order valence-corrected chi connectivity index (χ2v) is 9.44. The summed E-state index contributed by atoms with van der Waals surface area (Å²) in [6.07, 6.45) is 3.94. The molecule has 3 aromatic heterocycles. The molecular formula is C17H23N7O2S. The Bertz CT molecular complexity index is 1120. The molecule has 3 aromatic rings. The molecule has 1 saturated heterocycles. The van der Waals surface area contributed by atoms with E-state index in [-0.39, 0.29) is 17.5 Å².